The third kappa shape index (κ3) is 3.29. The van der Waals surface area contributed by atoms with Crippen LogP contribution in [0.15, 0.2) is 20.1 Å². The number of sulfonamides is 1. The molecule has 1 saturated carbocycles. The number of nitrogens with two attached hydrogens (primary N) is 1. The molecule has 4 nitrogen and oxygen atoms in total. The number of rotatable bonds is 3. The molecule has 0 radical (unpaired) electrons. The highest BCUT2D eigenvalue weighted by molar-refractivity contribution is 9.11. The second kappa shape index (κ2) is 5.36. The SMILES string of the molecule is N[C@@H]1CCCC[C@H]1NS(=O)(=O)c1ccc(Br)s1. The molecule has 1 heterocycles. The van der Waals surface area contributed by atoms with Crippen molar-refractivity contribution in [3.63, 3.8) is 0 Å². The van der Waals surface area contributed by atoms with E-state index >= 15 is 0 Å². The highest BCUT2D eigenvalue weighted by Crippen LogP contribution is 2.27. The normalized spacial score (nSPS) is 26.0. The van der Waals surface area contributed by atoms with E-state index in [1.807, 2.05) is 0 Å². The minimum absolute atomic E-state index is 0.0677. The third-order valence-corrected chi connectivity index (χ3v) is 6.54. The third-order valence-electron chi connectivity index (χ3n) is 2.94. The molecule has 0 amide bonds. The Balaban J connectivity index is 2.11. The van der Waals surface area contributed by atoms with Crippen molar-refractivity contribution >= 4 is 37.3 Å². The molecule has 1 aromatic rings. The van der Waals surface area contributed by atoms with Crippen LogP contribution in [0.1, 0.15) is 25.7 Å². The van der Waals surface area contributed by atoms with Gasteiger partial charge in [-0.1, -0.05) is 12.8 Å². The smallest absolute Gasteiger partial charge is 0.250 e. The largest absolute Gasteiger partial charge is 0.326 e. The van der Waals surface area contributed by atoms with E-state index in [0.717, 1.165) is 29.5 Å². The maximum absolute atomic E-state index is 12.1. The van der Waals surface area contributed by atoms with Gasteiger partial charge in [-0.25, -0.2) is 13.1 Å². The standard InChI is InChI=1S/C10H15BrN2O2S2/c11-9-5-6-10(16-9)17(14,15)13-8-4-2-1-3-7(8)12/h5-8,13H,1-4,12H2/t7-,8-/m1/s1. The first kappa shape index (κ1) is 13.5. The zero-order chi connectivity index (χ0) is 12.5. The molecular weight excluding hydrogens is 324 g/mol. The Morgan fingerprint density at radius 3 is 2.65 bits per heavy atom. The Kier molecular flexibility index (Phi) is 4.25. The minimum atomic E-state index is -3.41. The summed E-state index contributed by atoms with van der Waals surface area (Å²) in [5.74, 6) is 0. The quantitative estimate of drug-likeness (QED) is 0.885. The van der Waals surface area contributed by atoms with E-state index in [9.17, 15) is 8.42 Å². The van der Waals surface area contributed by atoms with Crippen LogP contribution in [0.5, 0.6) is 0 Å². The van der Waals surface area contributed by atoms with Gasteiger partial charge >= 0.3 is 0 Å². The van der Waals surface area contributed by atoms with Crippen molar-refractivity contribution in [1.29, 1.82) is 0 Å². The van der Waals surface area contributed by atoms with Gasteiger partial charge in [-0.05, 0) is 40.9 Å². The molecule has 0 aliphatic heterocycles. The molecule has 0 spiro atoms. The van der Waals surface area contributed by atoms with Crippen molar-refractivity contribution in [3.05, 3.63) is 15.9 Å². The van der Waals surface area contributed by atoms with Crippen LogP contribution < -0.4 is 10.5 Å². The lowest BCUT2D eigenvalue weighted by molar-refractivity contribution is 0.361. The van der Waals surface area contributed by atoms with Gasteiger partial charge in [0.2, 0.25) is 10.0 Å². The molecule has 1 aliphatic rings. The van der Waals surface area contributed by atoms with Crippen LogP contribution >= 0.6 is 27.3 Å². The summed E-state index contributed by atoms with van der Waals surface area (Å²) in [6, 6.07) is 3.14. The van der Waals surface area contributed by atoms with Gasteiger partial charge in [0.05, 0.1) is 3.79 Å². The summed E-state index contributed by atoms with van der Waals surface area (Å²) in [5.41, 5.74) is 5.94. The van der Waals surface area contributed by atoms with E-state index in [2.05, 4.69) is 20.7 Å². The van der Waals surface area contributed by atoms with Crippen molar-refractivity contribution in [1.82, 2.24) is 4.72 Å². The molecule has 0 unspecified atom stereocenters. The summed E-state index contributed by atoms with van der Waals surface area (Å²) in [5, 5.41) is 0. The van der Waals surface area contributed by atoms with E-state index in [1.54, 1.807) is 12.1 Å². The Bertz CT molecular complexity index is 486. The molecule has 2 atom stereocenters. The second-order valence-electron chi connectivity index (χ2n) is 4.23. The fraction of sp³-hybridized carbons (Fsp3) is 0.600. The molecule has 0 saturated heterocycles. The summed E-state index contributed by atoms with van der Waals surface area (Å²) in [6.07, 6.45) is 3.84. The summed E-state index contributed by atoms with van der Waals surface area (Å²) in [7, 11) is -3.41. The van der Waals surface area contributed by atoms with E-state index in [4.69, 9.17) is 5.73 Å². The van der Waals surface area contributed by atoms with Crippen molar-refractivity contribution in [2.45, 2.75) is 42.0 Å². The van der Waals surface area contributed by atoms with Crippen molar-refractivity contribution in [2.24, 2.45) is 5.73 Å². The molecule has 17 heavy (non-hydrogen) atoms. The predicted molar refractivity (Wildman–Crippen MR) is 72.6 cm³/mol. The molecule has 7 heteroatoms. The first-order valence-corrected chi connectivity index (χ1v) is 8.61. The van der Waals surface area contributed by atoms with E-state index in [1.165, 1.54) is 11.3 Å². The van der Waals surface area contributed by atoms with Crippen LogP contribution in [0.2, 0.25) is 0 Å². The van der Waals surface area contributed by atoms with Gasteiger partial charge in [0.15, 0.2) is 0 Å². The Morgan fingerprint density at radius 2 is 2.06 bits per heavy atom. The van der Waals surface area contributed by atoms with Crippen molar-refractivity contribution in [3.8, 4) is 0 Å². The summed E-state index contributed by atoms with van der Waals surface area (Å²) < 4.78 is 28.0. The zero-order valence-corrected chi connectivity index (χ0v) is 12.4. The number of nitrogens with one attached hydrogen (secondary N) is 1. The molecular formula is C10H15BrN2O2S2. The molecule has 2 rings (SSSR count). The van der Waals surface area contributed by atoms with E-state index in [-0.39, 0.29) is 12.1 Å². The molecule has 96 valence electrons. The average Bonchev–Trinajstić information content (AvgIpc) is 2.69. The monoisotopic (exact) mass is 338 g/mol. The van der Waals surface area contributed by atoms with Gasteiger partial charge in [0.25, 0.3) is 0 Å². The van der Waals surface area contributed by atoms with Crippen LogP contribution in [-0.4, -0.2) is 20.5 Å². The summed E-state index contributed by atoms with van der Waals surface area (Å²) >= 11 is 4.47. The molecule has 0 bridgehead atoms. The van der Waals surface area contributed by atoms with Gasteiger partial charge in [0.1, 0.15) is 4.21 Å². The fourth-order valence-corrected chi connectivity index (χ4v) is 5.35. The van der Waals surface area contributed by atoms with Crippen LogP contribution in [0.4, 0.5) is 0 Å². The van der Waals surface area contributed by atoms with Crippen molar-refractivity contribution in [2.75, 3.05) is 0 Å². The number of halogens is 1. The molecule has 1 fully saturated rings. The fourth-order valence-electron chi connectivity index (χ4n) is 2.01. The molecule has 0 aromatic carbocycles. The van der Waals surface area contributed by atoms with Gasteiger partial charge in [-0.15, -0.1) is 11.3 Å². The molecule has 1 aromatic heterocycles. The van der Waals surface area contributed by atoms with Crippen LogP contribution in [-0.2, 0) is 10.0 Å². The first-order valence-electron chi connectivity index (χ1n) is 5.52. The Morgan fingerprint density at radius 1 is 1.35 bits per heavy atom. The highest BCUT2D eigenvalue weighted by atomic mass is 79.9. The predicted octanol–water partition coefficient (Wildman–Crippen LogP) is 2.06. The maximum atomic E-state index is 12.1. The van der Waals surface area contributed by atoms with Crippen LogP contribution in [0.3, 0.4) is 0 Å². The van der Waals surface area contributed by atoms with Crippen LogP contribution in [0.25, 0.3) is 0 Å². The number of hydrogen-bond acceptors (Lipinski definition) is 4. The zero-order valence-electron chi connectivity index (χ0n) is 9.23. The second-order valence-corrected chi connectivity index (χ2v) is 8.64. The molecule has 1 aliphatic carbocycles. The lowest BCUT2D eigenvalue weighted by Gasteiger charge is -2.28. The van der Waals surface area contributed by atoms with E-state index < -0.39 is 10.0 Å². The van der Waals surface area contributed by atoms with E-state index in [0.29, 0.717) is 4.21 Å². The van der Waals surface area contributed by atoms with Gasteiger partial charge < -0.3 is 5.73 Å². The minimum Gasteiger partial charge on any atom is -0.326 e. The Hall–Kier alpha value is 0.0500. The number of hydrogen-bond donors (Lipinski definition) is 2. The topological polar surface area (TPSA) is 72.2 Å². The summed E-state index contributed by atoms with van der Waals surface area (Å²) in [4.78, 5) is 0. The lowest BCUT2D eigenvalue weighted by atomic mass is 9.92. The van der Waals surface area contributed by atoms with Crippen LogP contribution in [0, 0.1) is 0 Å². The maximum Gasteiger partial charge on any atom is 0.250 e. The Labute approximate surface area is 114 Å². The highest BCUT2D eigenvalue weighted by Gasteiger charge is 2.27. The lowest BCUT2D eigenvalue weighted by Crippen LogP contribution is -2.49. The van der Waals surface area contributed by atoms with Gasteiger partial charge in [-0.2, -0.15) is 0 Å². The van der Waals surface area contributed by atoms with Gasteiger partial charge in [-0.3, -0.25) is 0 Å². The average molecular weight is 339 g/mol. The van der Waals surface area contributed by atoms with Crippen molar-refractivity contribution < 1.29 is 8.42 Å². The molecule has 3 N–H and O–H groups in total. The summed E-state index contributed by atoms with van der Waals surface area (Å²) in [6.45, 7) is 0. The first-order chi connectivity index (χ1) is 7.99. The number of thiophene rings is 1. The van der Waals surface area contributed by atoms with Gasteiger partial charge in [0, 0.05) is 12.1 Å².